The molecule has 0 radical (unpaired) electrons. The number of carbonyl (C=O) groups excluding carboxylic acids is 1. The van der Waals surface area contributed by atoms with Crippen LogP contribution in [0.25, 0.3) is 0 Å². The second kappa shape index (κ2) is 5.79. The minimum atomic E-state index is -0.438. The summed E-state index contributed by atoms with van der Waals surface area (Å²) in [5.74, 6) is 1.35. The largest absolute Gasteiger partial charge is 0.370 e. The fourth-order valence-corrected chi connectivity index (χ4v) is 6.04. The fraction of sp³-hybridized carbons (Fsp3) is 0.650. The first-order chi connectivity index (χ1) is 12.1. The molecular formula is C20H26N2O3. The Morgan fingerprint density at radius 3 is 2.76 bits per heavy atom. The van der Waals surface area contributed by atoms with Crippen molar-refractivity contribution in [3.8, 4) is 0 Å². The zero-order valence-electron chi connectivity index (χ0n) is 14.5. The van der Waals surface area contributed by atoms with Crippen molar-refractivity contribution in [1.82, 2.24) is 10.4 Å². The van der Waals surface area contributed by atoms with Gasteiger partial charge in [0.1, 0.15) is 0 Å². The maximum Gasteiger partial charge on any atom is 0.274 e. The molecule has 25 heavy (non-hydrogen) atoms. The van der Waals surface area contributed by atoms with Crippen molar-refractivity contribution in [3.63, 3.8) is 0 Å². The normalized spacial score (nSPS) is 36.3. The molecule has 134 valence electrons. The quantitative estimate of drug-likeness (QED) is 0.654. The summed E-state index contributed by atoms with van der Waals surface area (Å²) in [7, 11) is 0. The molecule has 1 aromatic carbocycles. The van der Waals surface area contributed by atoms with Gasteiger partial charge in [0.25, 0.3) is 5.91 Å². The number of rotatable bonds is 3. The van der Waals surface area contributed by atoms with Crippen molar-refractivity contribution in [3.05, 3.63) is 34.9 Å². The first-order valence-corrected chi connectivity index (χ1v) is 9.59. The number of nitrogens with one attached hydrogen (secondary N) is 1. The Morgan fingerprint density at radius 1 is 1.24 bits per heavy atom. The minimum Gasteiger partial charge on any atom is -0.370 e. The highest BCUT2D eigenvalue weighted by Crippen LogP contribution is 2.53. The van der Waals surface area contributed by atoms with Crippen LogP contribution in [0.4, 0.5) is 0 Å². The highest BCUT2D eigenvalue weighted by atomic mass is 16.5. The molecule has 4 bridgehead atoms. The van der Waals surface area contributed by atoms with E-state index in [2.05, 4.69) is 4.90 Å². The molecule has 3 aliphatic heterocycles. The predicted octanol–water partition coefficient (Wildman–Crippen LogP) is 2.51. The van der Waals surface area contributed by atoms with Crippen molar-refractivity contribution in [2.75, 3.05) is 13.1 Å². The summed E-state index contributed by atoms with van der Waals surface area (Å²) >= 11 is 0. The van der Waals surface area contributed by atoms with Crippen molar-refractivity contribution in [2.45, 2.75) is 56.8 Å². The van der Waals surface area contributed by atoms with Crippen LogP contribution in [0.2, 0.25) is 0 Å². The summed E-state index contributed by atoms with van der Waals surface area (Å²) in [6.45, 7) is 3.00. The second-order valence-corrected chi connectivity index (χ2v) is 8.66. The molecular weight excluding hydrogens is 316 g/mol. The highest BCUT2D eigenvalue weighted by Gasteiger charge is 2.52. The lowest BCUT2D eigenvalue weighted by atomic mass is 9.62. The summed E-state index contributed by atoms with van der Waals surface area (Å²) in [4.78, 5) is 14.1. The van der Waals surface area contributed by atoms with Crippen molar-refractivity contribution < 1.29 is 14.7 Å². The molecule has 0 aromatic heterocycles. The van der Waals surface area contributed by atoms with Crippen LogP contribution in [0, 0.1) is 11.8 Å². The average molecular weight is 342 g/mol. The molecule has 6 rings (SSSR count). The molecule has 1 amide bonds. The van der Waals surface area contributed by atoms with Gasteiger partial charge in [0.2, 0.25) is 0 Å². The number of hydroxylamine groups is 1. The lowest BCUT2D eigenvalue weighted by Gasteiger charge is -2.57. The van der Waals surface area contributed by atoms with Gasteiger partial charge in [-0.15, -0.1) is 0 Å². The summed E-state index contributed by atoms with van der Waals surface area (Å²) in [5, 5.41) is 8.80. The molecule has 2 N–H and O–H groups in total. The van der Waals surface area contributed by atoms with Gasteiger partial charge in [-0.05, 0) is 73.6 Å². The van der Waals surface area contributed by atoms with Crippen LogP contribution in [0.15, 0.2) is 18.2 Å². The molecule has 4 fully saturated rings. The summed E-state index contributed by atoms with van der Waals surface area (Å²) in [5.41, 5.74) is 4.87. The molecule has 2 aliphatic carbocycles. The van der Waals surface area contributed by atoms with Gasteiger partial charge in [0, 0.05) is 25.2 Å². The van der Waals surface area contributed by atoms with Gasteiger partial charge in [0.15, 0.2) is 0 Å². The molecule has 0 spiro atoms. The minimum absolute atomic E-state index is 0.100. The molecule has 3 heterocycles. The lowest BCUT2D eigenvalue weighted by Crippen LogP contribution is -2.59. The number of nitrogens with zero attached hydrogens (tertiary/aromatic N) is 1. The zero-order chi connectivity index (χ0) is 17.0. The van der Waals surface area contributed by atoms with Crippen LogP contribution in [-0.2, 0) is 17.7 Å². The van der Waals surface area contributed by atoms with Crippen molar-refractivity contribution >= 4 is 5.91 Å². The number of carbonyl (C=O) groups is 1. The van der Waals surface area contributed by atoms with Gasteiger partial charge < -0.3 is 4.74 Å². The Morgan fingerprint density at radius 2 is 2.04 bits per heavy atom. The summed E-state index contributed by atoms with van der Waals surface area (Å²) in [6, 6.07) is 5.75. The smallest absolute Gasteiger partial charge is 0.274 e. The number of amides is 1. The molecule has 4 atom stereocenters. The third-order valence-electron chi connectivity index (χ3n) is 6.77. The number of benzene rings is 1. The molecule has 1 aromatic rings. The standard InChI is InChI=1S/C20H26N2O3/c23-19(21-24)16-1-2-17-11-22(4-3-15(17)8-16)12-20-9-13-5-14(10-20)7-18(6-13)25-20/h1-2,8,13-14,18,24H,3-7,9-12H2,(H,21,23)/t13-,14+,18-,20+. The Kier molecular flexibility index (Phi) is 3.66. The van der Waals surface area contributed by atoms with E-state index in [0.717, 1.165) is 37.9 Å². The number of fused-ring (bicyclic) bond motifs is 1. The van der Waals surface area contributed by atoms with Crippen molar-refractivity contribution in [2.24, 2.45) is 11.8 Å². The van der Waals surface area contributed by atoms with Crippen LogP contribution in [-0.4, -0.2) is 40.8 Å². The van der Waals surface area contributed by atoms with E-state index in [1.807, 2.05) is 12.1 Å². The monoisotopic (exact) mass is 342 g/mol. The Balaban J connectivity index is 1.31. The van der Waals surface area contributed by atoms with Crippen LogP contribution >= 0.6 is 0 Å². The Labute approximate surface area is 148 Å². The third kappa shape index (κ3) is 2.78. The first-order valence-electron chi connectivity index (χ1n) is 9.59. The van der Waals surface area contributed by atoms with Gasteiger partial charge in [-0.2, -0.15) is 0 Å². The maximum atomic E-state index is 11.6. The number of hydrogen-bond donors (Lipinski definition) is 2. The second-order valence-electron chi connectivity index (χ2n) is 8.66. The van der Waals surface area contributed by atoms with E-state index in [1.54, 1.807) is 11.5 Å². The molecule has 5 aliphatic rings. The van der Waals surface area contributed by atoms with E-state index in [-0.39, 0.29) is 5.60 Å². The van der Waals surface area contributed by atoms with Gasteiger partial charge in [-0.25, -0.2) is 5.48 Å². The molecule has 5 heteroatoms. The zero-order valence-corrected chi connectivity index (χ0v) is 14.5. The number of ether oxygens (including phenoxy) is 1. The topological polar surface area (TPSA) is 61.8 Å². The Bertz CT molecular complexity index is 667. The molecule has 2 saturated heterocycles. The van der Waals surface area contributed by atoms with Crippen molar-refractivity contribution in [1.29, 1.82) is 0 Å². The van der Waals surface area contributed by atoms with E-state index in [4.69, 9.17) is 9.94 Å². The van der Waals surface area contributed by atoms with E-state index >= 15 is 0 Å². The third-order valence-corrected chi connectivity index (χ3v) is 6.77. The SMILES string of the molecule is O=C(NO)c1ccc2c(c1)CCN(C[C@@]13C[C@@H]4C[C@@H](C[C@@H](C4)O1)C3)C2. The van der Waals surface area contributed by atoms with E-state index in [0.29, 0.717) is 11.7 Å². The highest BCUT2D eigenvalue weighted by molar-refractivity contribution is 5.93. The molecule has 5 nitrogen and oxygen atoms in total. The Hall–Kier alpha value is -1.43. The fourth-order valence-electron chi connectivity index (χ4n) is 6.04. The van der Waals surface area contributed by atoms with E-state index in [1.165, 1.54) is 43.2 Å². The average Bonchev–Trinajstić information content (AvgIpc) is 2.59. The summed E-state index contributed by atoms with van der Waals surface area (Å²) in [6.07, 6.45) is 7.97. The van der Waals surface area contributed by atoms with E-state index < -0.39 is 5.91 Å². The van der Waals surface area contributed by atoms with Crippen LogP contribution < -0.4 is 5.48 Å². The molecule has 2 saturated carbocycles. The predicted molar refractivity (Wildman–Crippen MR) is 92.3 cm³/mol. The van der Waals surface area contributed by atoms with Gasteiger partial charge in [-0.1, -0.05) is 6.07 Å². The van der Waals surface area contributed by atoms with Gasteiger partial charge >= 0.3 is 0 Å². The van der Waals surface area contributed by atoms with Gasteiger partial charge in [0.05, 0.1) is 11.7 Å². The van der Waals surface area contributed by atoms with Crippen LogP contribution in [0.3, 0.4) is 0 Å². The van der Waals surface area contributed by atoms with Crippen LogP contribution in [0.5, 0.6) is 0 Å². The molecule has 0 unspecified atom stereocenters. The lowest BCUT2D eigenvalue weighted by molar-refractivity contribution is -0.226. The number of hydrogen-bond acceptors (Lipinski definition) is 4. The van der Waals surface area contributed by atoms with Gasteiger partial charge in [-0.3, -0.25) is 14.9 Å². The van der Waals surface area contributed by atoms with E-state index in [9.17, 15) is 4.79 Å². The van der Waals surface area contributed by atoms with Crippen LogP contribution in [0.1, 0.15) is 53.6 Å². The first kappa shape index (κ1) is 15.8. The maximum absolute atomic E-state index is 11.6. The summed E-state index contributed by atoms with van der Waals surface area (Å²) < 4.78 is 6.54.